The lowest BCUT2D eigenvalue weighted by molar-refractivity contribution is 0.318. The van der Waals surface area contributed by atoms with Crippen LogP contribution in [0.15, 0.2) is 47.6 Å². The van der Waals surface area contributed by atoms with E-state index in [0.29, 0.717) is 10.6 Å². The number of nitrogens with zero attached hydrogens (tertiary/aromatic N) is 2. The summed E-state index contributed by atoms with van der Waals surface area (Å²) in [5.41, 5.74) is 9.54. The van der Waals surface area contributed by atoms with Gasteiger partial charge in [-0.1, -0.05) is 41.0 Å². The van der Waals surface area contributed by atoms with Gasteiger partial charge in [-0.3, -0.25) is 0 Å². The van der Waals surface area contributed by atoms with E-state index in [-0.39, 0.29) is 5.84 Å². The van der Waals surface area contributed by atoms with Crippen molar-refractivity contribution in [2.24, 2.45) is 10.9 Å². The lowest BCUT2D eigenvalue weighted by atomic mass is 10.1. The highest BCUT2D eigenvalue weighted by Crippen LogP contribution is 2.27. The minimum Gasteiger partial charge on any atom is -0.409 e. The average Bonchev–Trinajstić information content (AvgIpc) is 2.48. The molecule has 0 aromatic heterocycles. The summed E-state index contributed by atoms with van der Waals surface area (Å²) in [6, 6.07) is 13.6. The van der Waals surface area contributed by atoms with Gasteiger partial charge in [0.05, 0.1) is 10.7 Å². The van der Waals surface area contributed by atoms with Crippen molar-refractivity contribution in [3.05, 3.63) is 64.2 Å². The van der Waals surface area contributed by atoms with E-state index in [1.165, 1.54) is 11.1 Å². The highest BCUT2D eigenvalue weighted by atomic mass is 35.5. The largest absolute Gasteiger partial charge is 0.409 e. The fourth-order valence-electron chi connectivity index (χ4n) is 2.16. The molecule has 2 aromatic carbocycles. The maximum absolute atomic E-state index is 8.69. The third-order valence-corrected chi connectivity index (χ3v) is 3.73. The number of aryl methyl sites for hydroxylation is 1. The molecule has 0 radical (unpaired) electrons. The van der Waals surface area contributed by atoms with Crippen molar-refractivity contribution >= 4 is 23.1 Å². The first kappa shape index (κ1) is 15.2. The van der Waals surface area contributed by atoms with Crippen LogP contribution < -0.4 is 10.6 Å². The predicted octanol–water partition coefficient (Wildman–Crippen LogP) is 3.38. The first-order chi connectivity index (χ1) is 10.0. The van der Waals surface area contributed by atoms with Crippen molar-refractivity contribution in [1.82, 2.24) is 0 Å². The van der Waals surface area contributed by atoms with Gasteiger partial charge in [0.2, 0.25) is 0 Å². The van der Waals surface area contributed by atoms with Crippen LogP contribution in [0.25, 0.3) is 0 Å². The molecule has 0 spiro atoms. The second-order valence-corrected chi connectivity index (χ2v) is 5.34. The van der Waals surface area contributed by atoms with Crippen LogP contribution in [-0.2, 0) is 6.54 Å². The molecule has 2 rings (SSSR count). The molecule has 0 unspecified atom stereocenters. The van der Waals surface area contributed by atoms with Gasteiger partial charge in [0.15, 0.2) is 5.84 Å². The normalized spacial score (nSPS) is 11.5. The van der Waals surface area contributed by atoms with E-state index in [1.54, 1.807) is 12.1 Å². The molecule has 4 nitrogen and oxygen atoms in total. The second-order valence-electron chi connectivity index (χ2n) is 4.93. The van der Waals surface area contributed by atoms with Crippen molar-refractivity contribution in [2.75, 3.05) is 11.9 Å². The van der Waals surface area contributed by atoms with Gasteiger partial charge < -0.3 is 15.8 Å². The van der Waals surface area contributed by atoms with E-state index < -0.39 is 0 Å². The summed E-state index contributed by atoms with van der Waals surface area (Å²) in [5, 5.41) is 12.2. The van der Waals surface area contributed by atoms with E-state index in [4.69, 9.17) is 22.5 Å². The molecule has 0 atom stereocenters. The average molecular weight is 304 g/mol. The van der Waals surface area contributed by atoms with Gasteiger partial charge in [0.25, 0.3) is 0 Å². The van der Waals surface area contributed by atoms with Gasteiger partial charge in [-0.15, -0.1) is 0 Å². The highest BCUT2D eigenvalue weighted by Gasteiger charge is 2.10. The van der Waals surface area contributed by atoms with Crippen LogP contribution in [0.1, 0.15) is 16.7 Å². The van der Waals surface area contributed by atoms with E-state index in [1.807, 2.05) is 25.2 Å². The number of hydrogen-bond donors (Lipinski definition) is 2. The van der Waals surface area contributed by atoms with Crippen molar-refractivity contribution in [1.29, 1.82) is 0 Å². The number of amidine groups is 1. The summed E-state index contributed by atoms with van der Waals surface area (Å²) in [6.45, 7) is 2.85. The van der Waals surface area contributed by atoms with Crippen molar-refractivity contribution in [2.45, 2.75) is 13.5 Å². The zero-order valence-electron chi connectivity index (χ0n) is 12.0. The lowest BCUT2D eigenvalue weighted by Crippen LogP contribution is -2.18. The number of oxime groups is 1. The maximum Gasteiger partial charge on any atom is 0.170 e. The number of rotatable bonds is 4. The van der Waals surface area contributed by atoms with Crippen molar-refractivity contribution in [3.63, 3.8) is 0 Å². The first-order valence-corrected chi connectivity index (χ1v) is 6.94. The van der Waals surface area contributed by atoms with Crippen LogP contribution in [0.2, 0.25) is 5.02 Å². The van der Waals surface area contributed by atoms with Gasteiger partial charge >= 0.3 is 0 Å². The fourth-order valence-corrected chi connectivity index (χ4v) is 2.49. The summed E-state index contributed by atoms with van der Waals surface area (Å²) in [7, 11) is 1.98. The molecule has 0 saturated carbocycles. The molecule has 2 aromatic rings. The minimum absolute atomic E-state index is 0.0463. The van der Waals surface area contributed by atoms with Crippen LogP contribution in [0.5, 0.6) is 0 Å². The Bertz CT molecular complexity index is 670. The van der Waals surface area contributed by atoms with Crippen LogP contribution in [0.4, 0.5) is 5.69 Å². The van der Waals surface area contributed by atoms with Gasteiger partial charge in [-0.2, -0.15) is 0 Å². The van der Waals surface area contributed by atoms with Crippen molar-refractivity contribution < 1.29 is 5.21 Å². The Morgan fingerprint density at radius 3 is 2.62 bits per heavy atom. The maximum atomic E-state index is 8.69. The summed E-state index contributed by atoms with van der Waals surface area (Å²) in [4.78, 5) is 2.07. The van der Waals surface area contributed by atoms with Crippen LogP contribution >= 0.6 is 11.6 Å². The molecule has 0 aliphatic rings. The number of nitrogens with two attached hydrogens (primary N) is 1. The van der Waals surface area contributed by atoms with Gasteiger partial charge in [0, 0.05) is 19.2 Å². The van der Waals surface area contributed by atoms with Crippen LogP contribution in [-0.4, -0.2) is 18.1 Å². The number of benzene rings is 2. The molecule has 5 heteroatoms. The third kappa shape index (κ3) is 3.47. The molecule has 0 saturated heterocycles. The fraction of sp³-hybridized carbons (Fsp3) is 0.188. The van der Waals surface area contributed by atoms with Gasteiger partial charge in [-0.05, 0) is 36.2 Å². The Kier molecular flexibility index (Phi) is 4.70. The molecule has 0 fully saturated rings. The summed E-state index contributed by atoms with van der Waals surface area (Å²) in [5.74, 6) is 0.0463. The molecular weight excluding hydrogens is 286 g/mol. The first-order valence-electron chi connectivity index (χ1n) is 6.56. The zero-order chi connectivity index (χ0) is 15.4. The number of hydrogen-bond acceptors (Lipinski definition) is 3. The van der Waals surface area contributed by atoms with Crippen LogP contribution in [0, 0.1) is 6.92 Å². The van der Waals surface area contributed by atoms with Crippen molar-refractivity contribution in [3.8, 4) is 0 Å². The topological polar surface area (TPSA) is 61.8 Å². The molecule has 110 valence electrons. The van der Waals surface area contributed by atoms with E-state index in [2.05, 4.69) is 29.1 Å². The summed E-state index contributed by atoms with van der Waals surface area (Å²) in [6.07, 6.45) is 0. The predicted molar refractivity (Wildman–Crippen MR) is 87.2 cm³/mol. The number of anilines is 1. The third-order valence-electron chi connectivity index (χ3n) is 3.43. The van der Waals surface area contributed by atoms with Gasteiger partial charge in [0.1, 0.15) is 0 Å². The molecule has 0 bridgehead atoms. The minimum atomic E-state index is 0.0463. The van der Waals surface area contributed by atoms with E-state index >= 15 is 0 Å². The molecule has 0 amide bonds. The molecule has 3 N–H and O–H groups in total. The number of halogens is 1. The SMILES string of the molecule is Cc1ccccc1CN(C)c1ccc(C(N)=NO)cc1Cl. The Morgan fingerprint density at radius 1 is 1.29 bits per heavy atom. The highest BCUT2D eigenvalue weighted by molar-refractivity contribution is 6.33. The molecular formula is C16H18ClN3O. The monoisotopic (exact) mass is 303 g/mol. The summed E-state index contributed by atoms with van der Waals surface area (Å²) < 4.78 is 0. The Morgan fingerprint density at radius 2 is 2.00 bits per heavy atom. The molecule has 21 heavy (non-hydrogen) atoms. The van der Waals surface area contributed by atoms with E-state index in [0.717, 1.165) is 12.2 Å². The lowest BCUT2D eigenvalue weighted by Gasteiger charge is -2.22. The van der Waals surface area contributed by atoms with Gasteiger partial charge in [-0.25, -0.2) is 0 Å². The zero-order valence-corrected chi connectivity index (χ0v) is 12.8. The quantitative estimate of drug-likeness (QED) is 0.394. The molecule has 0 aliphatic carbocycles. The second kappa shape index (κ2) is 6.50. The Labute approximate surface area is 129 Å². The summed E-state index contributed by atoms with van der Waals surface area (Å²) >= 11 is 6.30. The molecule has 0 aliphatic heterocycles. The Balaban J connectivity index is 2.24. The molecule has 0 heterocycles. The van der Waals surface area contributed by atoms with E-state index in [9.17, 15) is 0 Å². The Hall–Kier alpha value is -2.20. The standard InChI is InChI=1S/C16H18ClN3O/c1-11-5-3-4-6-13(11)10-20(2)15-8-7-12(9-14(15)17)16(18)19-21/h3-9,21H,10H2,1-2H3,(H2,18,19). The van der Waals surface area contributed by atoms with Crippen LogP contribution in [0.3, 0.4) is 0 Å². The smallest absolute Gasteiger partial charge is 0.170 e.